The zero-order valence-electron chi connectivity index (χ0n) is 14.2. The summed E-state index contributed by atoms with van der Waals surface area (Å²) in [6, 6.07) is 4.48. The van der Waals surface area contributed by atoms with E-state index in [4.69, 9.17) is 9.15 Å². The molecule has 1 N–H and O–H groups in total. The van der Waals surface area contributed by atoms with Crippen LogP contribution in [0.3, 0.4) is 0 Å². The standard InChI is InChI=1S/C17H21N3O3S2/c1-10-15(11-5-7-20(10)8-6-11)19-16(21)12-3-4-14(24-12)25-17-18-9-13(22-2)23-17/h3-4,9-11,15H,5-8H2,1-2H3,(H,19,21)/t10-,15-/m0/s1. The van der Waals surface area contributed by atoms with Gasteiger partial charge in [-0.1, -0.05) is 0 Å². The smallest absolute Gasteiger partial charge is 0.305 e. The average molecular weight is 380 g/mol. The van der Waals surface area contributed by atoms with Crippen molar-refractivity contribution in [3.63, 3.8) is 0 Å². The molecule has 1 amide bonds. The van der Waals surface area contributed by atoms with Crippen LogP contribution in [0.15, 0.2) is 32.2 Å². The molecule has 0 aromatic carbocycles. The van der Waals surface area contributed by atoms with E-state index in [1.165, 1.54) is 43.1 Å². The van der Waals surface area contributed by atoms with Crippen molar-refractivity contribution in [2.24, 2.45) is 5.92 Å². The van der Waals surface area contributed by atoms with Crippen LogP contribution in [-0.2, 0) is 0 Å². The number of carbonyl (C=O) groups is 1. The number of carbonyl (C=O) groups excluding carboxylic acids is 1. The van der Waals surface area contributed by atoms with Gasteiger partial charge in [-0.15, -0.1) is 11.3 Å². The minimum atomic E-state index is 0.0208. The van der Waals surface area contributed by atoms with Crippen LogP contribution in [-0.4, -0.2) is 48.1 Å². The third-order valence-corrected chi connectivity index (χ3v) is 7.21. The SMILES string of the molecule is COc1cnc(Sc2ccc(C(=O)N[C@@H]3C4CCN(CC4)[C@H]3C)s2)o1. The van der Waals surface area contributed by atoms with Crippen LogP contribution in [0.4, 0.5) is 0 Å². The van der Waals surface area contributed by atoms with Gasteiger partial charge in [-0.25, -0.2) is 4.98 Å². The minimum absolute atomic E-state index is 0.0208. The molecule has 0 aliphatic carbocycles. The number of ether oxygens (including phenoxy) is 1. The predicted octanol–water partition coefficient (Wildman–Crippen LogP) is 3.11. The second-order valence-electron chi connectivity index (χ2n) is 6.48. The second kappa shape index (κ2) is 7.01. The predicted molar refractivity (Wildman–Crippen MR) is 96.5 cm³/mol. The fourth-order valence-electron chi connectivity index (χ4n) is 3.74. The number of thiophene rings is 1. The number of fused-ring (bicyclic) bond motifs is 3. The molecule has 5 heterocycles. The Balaban J connectivity index is 1.40. The van der Waals surface area contributed by atoms with E-state index in [1.54, 1.807) is 6.20 Å². The molecule has 3 aliphatic heterocycles. The maximum absolute atomic E-state index is 12.7. The van der Waals surface area contributed by atoms with Crippen LogP contribution in [0.2, 0.25) is 0 Å². The summed E-state index contributed by atoms with van der Waals surface area (Å²) in [7, 11) is 1.54. The molecule has 0 spiro atoms. The molecule has 6 nitrogen and oxygen atoms in total. The number of nitrogens with one attached hydrogen (secondary N) is 1. The normalized spacial score (nSPS) is 28.1. The molecule has 3 saturated heterocycles. The molecule has 2 bridgehead atoms. The van der Waals surface area contributed by atoms with Crippen LogP contribution < -0.4 is 10.1 Å². The monoisotopic (exact) mass is 379 g/mol. The van der Waals surface area contributed by atoms with Crippen LogP contribution in [0, 0.1) is 5.92 Å². The lowest BCUT2D eigenvalue weighted by Gasteiger charge is -2.49. The van der Waals surface area contributed by atoms with Gasteiger partial charge in [-0.05, 0) is 62.7 Å². The molecule has 25 heavy (non-hydrogen) atoms. The van der Waals surface area contributed by atoms with Crippen molar-refractivity contribution in [3.8, 4) is 5.95 Å². The van der Waals surface area contributed by atoms with Crippen LogP contribution in [0.1, 0.15) is 29.4 Å². The van der Waals surface area contributed by atoms with Crippen molar-refractivity contribution in [3.05, 3.63) is 23.2 Å². The Morgan fingerprint density at radius 3 is 2.92 bits per heavy atom. The van der Waals surface area contributed by atoms with E-state index < -0.39 is 0 Å². The zero-order valence-corrected chi connectivity index (χ0v) is 15.9. The number of nitrogens with zero attached hydrogens (tertiary/aromatic N) is 2. The van der Waals surface area contributed by atoms with Gasteiger partial charge in [0, 0.05) is 12.1 Å². The summed E-state index contributed by atoms with van der Waals surface area (Å²) < 4.78 is 11.4. The molecule has 0 unspecified atom stereocenters. The zero-order chi connectivity index (χ0) is 17.4. The van der Waals surface area contributed by atoms with Crippen molar-refractivity contribution in [1.82, 2.24) is 15.2 Å². The number of rotatable bonds is 5. The van der Waals surface area contributed by atoms with Gasteiger partial charge in [-0.2, -0.15) is 0 Å². The van der Waals surface area contributed by atoms with Crippen molar-refractivity contribution in [1.29, 1.82) is 0 Å². The highest BCUT2D eigenvalue weighted by Crippen LogP contribution is 2.35. The molecular formula is C17H21N3O3S2. The Bertz CT molecular complexity index is 750. The quantitative estimate of drug-likeness (QED) is 0.861. The van der Waals surface area contributed by atoms with Crippen molar-refractivity contribution in [2.45, 2.75) is 41.3 Å². The second-order valence-corrected chi connectivity index (χ2v) is 8.82. The molecule has 2 atom stereocenters. The average Bonchev–Trinajstić information content (AvgIpc) is 3.28. The first-order valence-corrected chi connectivity index (χ1v) is 10.1. The highest BCUT2D eigenvalue weighted by Gasteiger charge is 2.40. The number of oxazole rings is 1. The highest BCUT2D eigenvalue weighted by molar-refractivity contribution is 8.01. The number of piperidine rings is 3. The molecule has 2 aromatic heterocycles. The van der Waals surface area contributed by atoms with Gasteiger partial charge in [0.15, 0.2) is 0 Å². The molecular weight excluding hydrogens is 358 g/mol. The van der Waals surface area contributed by atoms with Gasteiger partial charge >= 0.3 is 5.95 Å². The minimum Gasteiger partial charge on any atom is -0.467 e. The molecule has 2 aromatic rings. The van der Waals surface area contributed by atoms with E-state index in [0.29, 0.717) is 23.1 Å². The summed E-state index contributed by atoms with van der Waals surface area (Å²) in [5, 5.41) is 3.78. The molecule has 5 rings (SSSR count). The highest BCUT2D eigenvalue weighted by atomic mass is 32.2. The van der Waals surface area contributed by atoms with Gasteiger partial charge in [0.05, 0.1) is 16.2 Å². The Labute approximate surface area is 154 Å². The van der Waals surface area contributed by atoms with Gasteiger partial charge in [-0.3, -0.25) is 9.69 Å². The van der Waals surface area contributed by atoms with E-state index in [0.717, 1.165) is 22.2 Å². The number of amides is 1. The summed E-state index contributed by atoms with van der Waals surface area (Å²) >= 11 is 2.85. The van der Waals surface area contributed by atoms with E-state index in [2.05, 4.69) is 22.1 Å². The van der Waals surface area contributed by atoms with E-state index in [9.17, 15) is 4.79 Å². The fourth-order valence-corrected chi connectivity index (χ4v) is 5.56. The molecule has 0 radical (unpaired) electrons. The first-order valence-electron chi connectivity index (χ1n) is 8.46. The molecule has 8 heteroatoms. The van der Waals surface area contributed by atoms with Gasteiger partial charge in [0.1, 0.15) is 6.20 Å². The van der Waals surface area contributed by atoms with Crippen LogP contribution in [0.5, 0.6) is 5.95 Å². The van der Waals surface area contributed by atoms with E-state index >= 15 is 0 Å². The molecule has 3 fully saturated rings. The summed E-state index contributed by atoms with van der Waals surface area (Å²) in [6.45, 7) is 4.55. The summed E-state index contributed by atoms with van der Waals surface area (Å²) in [5.74, 6) is 1.01. The molecule has 134 valence electrons. The Hall–Kier alpha value is -1.51. The van der Waals surface area contributed by atoms with Crippen molar-refractivity contribution >= 4 is 29.0 Å². The number of methoxy groups -OCH3 is 1. The van der Waals surface area contributed by atoms with E-state index in [1.807, 2.05) is 12.1 Å². The van der Waals surface area contributed by atoms with Crippen molar-refractivity contribution < 1.29 is 13.9 Å². The molecule has 3 aliphatic rings. The van der Waals surface area contributed by atoms with Gasteiger partial charge in [0.2, 0.25) is 0 Å². The number of hydrogen-bond acceptors (Lipinski definition) is 7. The van der Waals surface area contributed by atoms with Crippen LogP contribution >= 0.6 is 23.1 Å². The first kappa shape index (κ1) is 16.9. The first-order chi connectivity index (χ1) is 12.1. The Morgan fingerprint density at radius 1 is 1.44 bits per heavy atom. The lowest BCUT2D eigenvalue weighted by atomic mass is 9.79. The third kappa shape index (κ3) is 3.43. The Kier molecular flexibility index (Phi) is 4.75. The van der Waals surface area contributed by atoms with Crippen LogP contribution in [0.25, 0.3) is 0 Å². The Morgan fingerprint density at radius 2 is 2.24 bits per heavy atom. The lowest BCUT2D eigenvalue weighted by molar-refractivity contribution is 0.0218. The topological polar surface area (TPSA) is 67.6 Å². The van der Waals surface area contributed by atoms with E-state index in [-0.39, 0.29) is 11.9 Å². The van der Waals surface area contributed by atoms with Gasteiger partial charge in [0.25, 0.3) is 11.1 Å². The lowest BCUT2D eigenvalue weighted by Crippen LogP contribution is -2.62. The largest absolute Gasteiger partial charge is 0.467 e. The summed E-state index contributed by atoms with van der Waals surface area (Å²) in [4.78, 5) is 20.0. The van der Waals surface area contributed by atoms with Gasteiger partial charge < -0.3 is 14.5 Å². The molecule has 0 saturated carbocycles. The number of hydrogen-bond donors (Lipinski definition) is 1. The fraction of sp³-hybridized carbons (Fsp3) is 0.529. The summed E-state index contributed by atoms with van der Waals surface area (Å²) in [6.07, 6.45) is 3.91. The third-order valence-electron chi connectivity index (χ3n) is 5.13. The maximum Gasteiger partial charge on any atom is 0.305 e. The number of aromatic nitrogens is 1. The maximum atomic E-state index is 12.7. The van der Waals surface area contributed by atoms with Crippen molar-refractivity contribution in [2.75, 3.05) is 20.2 Å². The summed E-state index contributed by atoms with van der Waals surface area (Å²) in [5.41, 5.74) is 0.